The molecule has 2 aliphatic rings. The van der Waals surface area contributed by atoms with E-state index >= 15 is 0 Å². The van der Waals surface area contributed by atoms with E-state index in [0.29, 0.717) is 36.7 Å². The molecule has 0 spiro atoms. The van der Waals surface area contributed by atoms with Crippen LogP contribution in [0.2, 0.25) is 0 Å². The first-order chi connectivity index (χ1) is 18.5. The molecule has 0 aromatic heterocycles. The van der Waals surface area contributed by atoms with Crippen LogP contribution in [-0.4, -0.2) is 54.3 Å². The third-order valence-corrected chi connectivity index (χ3v) is 7.12. The van der Waals surface area contributed by atoms with Crippen molar-refractivity contribution < 1.29 is 14.3 Å². The van der Waals surface area contributed by atoms with E-state index < -0.39 is 6.04 Å². The fourth-order valence-corrected chi connectivity index (χ4v) is 5.06. The number of nitrogens with two attached hydrogens (primary N) is 1. The zero-order valence-corrected chi connectivity index (χ0v) is 21.3. The van der Waals surface area contributed by atoms with Crippen molar-refractivity contribution in [1.29, 1.82) is 10.8 Å². The largest absolute Gasteiger partial charge is 0.425 e. The Kier molecular flexibility index (Phi) is 7.70. The zero-order valence-electron chi connectivity index (χ0n) is 21.3. The van der Waals surface area contributed by atoms with Crippen molar-refractivity contribution >= 4 is 23.3 Å². The maximum Gasteiger partial charge on any atom is 0.334 e. The summed E-state index contributed by atoms with van der Waals surface area (Å²) < 4.78 is 12.0. The lowest BCUT2D eigenvalue weighted by atomic mass is 10.1. The maximum absolute atomic E-state index is 13.4. The molecular formula is C30H33N5O3. The van der Waals surface area contributed by atoms with Crippen LogP contribution in [0.25, 0.3) is 0 Å². The molecule has 4 N–H and O–H groups in total. The average Bonchev–Trinajstić information content (AvgIpc) is 3.64. The number of esters is 1. The molecule has 3 aromatic carbocycles. The molecular weight excluding hydrogens is 478 g/mol. The number of amidine groups is 2. The first-order valence-electron chi connectivity index (χ1n) is 13.0. The molecule has 0 saturated carbocycles. The van der Waals surface area contributed by atoms with E-state index in [1.54, 1.807) is 18.2 Å². The normalized spacial score (nSPS) is 18.9. The van der Waals surface area contributed by atoms with Crippen LogP contribution >= 0.6 is 0 Å². The van der Waals surface area contributed by atoms with Crippen LogP contribution in [0.4, 0.5) is 5.69 Å². The van der Waals surface area contributed by atoms with Gasteiger partial charge in [-0.05, 0) is 54.8 Å². The molecule has 8 nitrogen and oxygen atoms in total. The highest BCUT2D eigenvalue weighted by Crippen LogP contribution is 2.30. The predicted molar refractivity (Wildman–Crippen MR) is 148 cm³/mol. The van der Waals surface area contributed by atoms with Crippen molar-refractivity contribution in [3.05, 3.63) is 95.6 Å². The first kappa shape index (κ1) is 25.5. The third kappa shape index (κ3) is 5.86. The monoisotopic (exact) mass is 511 g/mol. The second kappa shape index (κ2) is 11.5. The van der Waals surface area contributed by atoms with E-state index in [4.69, 9.17) is 26.0 Å². The van der Waals surface area contributed by atoms with E-state index in [1.165, 1.54) is 0 Å². The summed E-state index contributed by atoms with van der Waals surface area (Å²) in [6, 6.07) is 23.9. The van der Waals surface area contributed by atoms with Gasteiger partial charge < -0.3 is 25.0 Å². The molecule has 2 atom stereocenters. The summed E-state index contributed by atoms with van der Waals surface area (Å²) in [5, 5.41) is 16.3. The van der Waals surface area contributed by atoms with Gasteiger partial charge in [-0.3, -0.25) is 10.8 Å². The highest BCUT2D eigenvalue weighted by Gasteiger charge is 2.39. The minimum atomic E-state index is -0.555. The number of likely N-dealkylation sites (tertiary alicyclic amines) is 1. The number of carbonyl (C=O) groups is 1. The van der Waals surface area contributed by atoms with E-state index in [1.807, 2.05) is 65.6 Å². The van der Waals surface area contributed by atoms with E-state index in [-0.39, 0.29) is 17.9 Å². The number of benzene rings is 3. The summed E-state index contributed by atoms with van der Waals surface area (Å²) in [6.07, 6.45) is 2.54. The molecule has 2 saturated heterocycles. The third-order valence-electron chi connectivity index (χ3n) is 7.12. The van der Waals surface area contributed by atoms with Gasteiger partial charge in [0.1, 0.15) is 23.5 Å². The van der Waals surface area contributed by atoms with Crippen molar-refractivity contribution in [2.45, 2.75) is 38.0 Å². The molecule has 5 rings (SSSR count). The number of ether oxygens (including phenoxy) is 2. The summed E-state index contributed by atoms with van der Waals surface area (Å²) in [6.45, 7) is 2.79. The van der Waals surface area contributed by atoms with Gasteiger partial charge in [0.2, 0.25) is 0 Å². The summed E-state index contributed by atoms with van der Waals surface area (Å²) >= 11 is 0. The van der Waals surface area contributed by atoms with Gasteiger partial charge in [0.05, 0.1) is 12.7 Å². The van der Waals surface area contributed by atoms with Crippen LogP contribution in [0.5, 0.6) is 5.75 Å². The van der Waals surface area contributed by atoms with Crippen molar-refractivity contribution in [3.8, 4) is 5.75 Å². The molecule has 0 radical (unpaired) electrons. The minimum Gasteiger partial charge on any atom is -0.425 e. The number of nitrogens with zero attached hydrogens (tertiary/aromatic N) is 2. The summed E-state index contributed by atoms with van der Waals surface area (Å²) in [4.78, 5) is 17.5. The Balaban J connectivity index is 1.30. The predicted octanol–water partition coefficient (Wildman–Crippen LogP) is 4.16. The van der Waals surface area contributed by atoms with Gasteiger partial charge in [-0.2, -0.15) is 0 Å². The molecule has 0 bridgehead atoms. The Morgan fingerprint density at radius 2 is 1.66 bits per heavy atom. The van der Waals surface area contributed by atoms with Crippen molar-refractivity contribution in [1.82, 2.24) is 4.90 Å². The summed E-state index contributed by atoms with van der Waals surface area (Å²) in [5.74, 6) is 0.554. The standard InChI is InChI=1S/C30H33N5O3/c31-28(32)23-9-6-10-24(17-23)35-19-26(37-20-21-7-2-1-3-8-21)18-27(35)30(36)38-25-13-11-22(12-14-25)29(33)34-15-4-5-16-34/h1-3,6-14,17,26-27,33H,4-5,15-16,18-20H2,(H3,31,32)/t26-,27+/m1/s1. The van der Waals surface area contributed by atoms with E-state index in [9.17, 15) is 4.79 Å². The molecule has 8 heteroatoms. The van der Waals surface area contributed by atoms with Crippen LogP contribution in [0.15, 0.2) is 78.9 Å². The Morgan fingerprint density at radius 3 is 2.37 bits per heavy atom. The molecule has 0 unspecified atom stereocenters. The SMILES string of the molecule is N=C(N)c1cccc(N2C[C@H](OCc3ccccc3)C[C@H]2C(=O)Oc2ccc(C(=N)N3CCCC3)cc2)c1. The van der Waals surface area contributed by atoms with Crippen LogP contribution in [0.1, 0.15) is 36.0 Å². The molecule has 0 amide bonds. The van der Waals surface area contributed by atoms with E-state index in [2.05, 4.69) is 4.90 Å². The first-order valence-corrected chi connectivity index (χ1v) is 13.0. The molecule has 38 heavy (non-hydrogen) atoms. The topological polar surface area (TPSA) is 116 Å². The van der Waals surface area contributed by atoms with Gasteiger partial charge in [0.25, 0.3) is 0 Å². The number of hydrogen-bond acceptors (Lipinski definition) is 6. The number of nitrogen functional groups attached to an aromatic ring is 1. The Bertz CT molecular complexity index is 1290. The van der Waals surface area contributed by atoms with Gasteiger partial charge in [0, 0.05) is 42.9 Å². The number of nitrogens with one attached hydrogen (secondary N) is 2. The van der Waals surface area contributed by atoms with Crippen molar-refractivity contribution in [3.63, 3.8) is 0 Å². The zero-order chi connectivity index (χ0) is 26.5. The van der Waals surface area contributed by atoms with Gasteiger partial charge in [-0.25, -0.2) is 4.79 Å². The maximum atomic E-state index is 13.4. The molecule has 0 aliphatic carbocycles. The smallest absolute Gasteiger partial charge is 0.334 e. The van der Waals surface area contributed by atoms with Gasteiger partial charge >= 0.3 is 5.97 Å². The Labute approximate surface area is 223 Å². The Morgan fingerprint density at radius 1 is 0.921 bits per heavy atom. The van der Waals surface area contributed by atoms with Crippen molar-refractivity contribution in [2.75, 3.05) is 24.5 Å². The number of hydrogen-bond donors (Lipinski definition) is 3. The van der Waals surface area contributed by atoms with Crippen molar-refractivity contribution in [2.24, 2.45) is 5.73 Å². The molecule has 2 aliphatic heterocycles. The fourth-order valence-electron chi connectivity index (χ4n) is 5.06. The lowest BCUT2D eigenvalue weighted by Gasteiger charge is -2.25. The van der Waals surface area contributed by atoms with Gasteiger partial charge in [-0.15, -0.1) is 0 Å². The number of anilines is 1. The van der Waals surface area contributed by atoms with E-state index in [0.717, 1.165) is 42.7 Å². The molecule has 3 aromatic rings. The fraction of sp³-hybridized carbons (Fsp3) is 0.300. The van der Waals surface area contributed by atoms with Crippen LogP contribution in [-0.2, 0) is 16.1 Å². The number of rotatable bonds is 8. The van der Waals surface area contributed by atoms with Crippen LogP contribution in [0, 0.1) is 10.8 Å². The molecule has 196 valence electrons. The summed E-state index contributed by atoms with van der Waals surface area (Å²) in [7, 11) is 0. The lowest BCUT2D eigenvalue weighted by molar-refractivity contribution is -0.136. The quantitative estimate of drug-likeness (QED) is 0.181. The number of carbonyl (C=O) groups excluding carboxylic acids is 1. The molecule has 2 heterocycles. The second-order valence-corrected chi connectivity index (χ2v) is 9.77. The van der Waals surface area contributed by atoms with Crippen LogP contribution in [0.3, 0.4) is 0 Å². The Hall–Kier alpha value is -4.17. The van der Waals surface area contributed by atoms with Gasteiger partial charge in [0.15, 0.2) is 0 Å². The van der Waals surface area contributed by atoms with Gasteiger partial charge in [-0.1, -0.05) is 42.5 Å². The lowest BCUT2D eigenvalue weighted by Crippen LogP contribution is -2.39. The second-order valence-electron chi connectivity index (χ2n) is 9.77. The highest BCUT2D eigenvalue weighted by atomic mass is 16.5. The highest BCUT2D eigenvalue weighted by molar-refractivity contribution is 5.97. The molecule has 2 fully saturated rings. The van der Waals surface area contributed by atoms with Crippen LogP contribution < -0.4 is 15.4 Å². The summed E-state index contributed by atoms with van der Waals surface area (Å²) in [5.41, 5.74) is 8.99. The minimum absolute atomic E-state index is 0.0263. The average molecular weight is 512 g/mol.